The van der Waals surface area contributed by atoms with Gasteiger partial charge in [-0.1, -0.05) is 18.2 Å². The molecule has 1 aromatic carbocycles. The number of rotatable bonds is 4. The Kier molecular flexibility index (Phi) is 4.17. The zero-order valence-corrected chi connectivity index (χ0v) is 10.3. The van der Waals surface area contributed by atoms with E-state index in [9.17, 15) is 4.79 Å². The molecule has 1 aromatic rings. The lowest BCUT2D eigenvalue weighted by Gasteiger charge is -2.31. The lowest BCUT2D eigenvalue weighted by molar-refractivity contribution is -0.118. The van der Waals surface area contributed by atoms with E-state index in [1.165, 1.54) is 0 Å². The molecule has 1 aliphatic rings. The number of primary amides is 1. The van der Waals surface area contributed by atoms with Crippen molar-refractivity contribution in [3.05, 3.63) is 29.8 Å². The highest BCUT2D eigenvalue weighted by Crippen LogP contribution is 2.27. The number of morpholine rings is 1. The van der Waals surface area contributed by atoms with Gasteiger partial charge in [0.15, 0.2) is 0 Å². The van der Waals surface area contributed by atoms with Crippen LogP contribution < -0.4 is 16.4 Å². The van der Waals surface area contributed by atoms with Crippen molar-refractivity contribution in [3.63, 3.8) is 0 Å². The van der Waals surface area contributed by atoms with Crippen molar-refractivity contribution in [3.8, 4) is 0 Å². The topological polar surface area (TPSA) is 81.6 Å². The number of para-hydroxylation sites is 1. The van der Waals surface area contributed by atoms with Crippen molar-refractivity contribution < 1.29 is 9.53 Å². The van der Waals surface area contributed by atoms with Crippen LogP contribution in [-0.4, -0.2) is 32.2 Å². The predicted octanol–water partition coefficient (Wildman–Crippen LogP) is 0.398. The molecule has 1 atom stereocenters. The summed E-state index contributed by atoms with van der Waals surface area (Å²) in [6, 6.07) is 7.55. The van der Waals surface area contributed by atoms with E-state index in [1.807, 2.05) is 24.3 Å². The van der Waals surface area contributed by atoms with Gasteiger partial charge in [-0.2, -0.15) is 0 Å². The fraction of sp³-hybridized carbons (Fsp3) is 0.462. The molecule has 98 valence electrons. The van der Waals surface area contributed by atoms with E-state index in [0.29, 0.717) is 0 Å². The number of hydrogen-bond acceptors (Lipinski definition) is 4. The first-order chi connectivity index (χ1) is 8.68. The second-order valence-electron chi connectivity index (χ2n) is 4.44. The molecule has 1 fully saturated rings. The highest BCUT2D eigenvalue weighted by atomic mass is 16.5. The van der Waals surface area contributed by atoms with Crippen LogP contribution in [0.4, 0.5) is 5.69 Å². The van der Waals surface area contributed by atoms with Crippen LogP contribution in [0.1, 0.15) is 18.0 Å². The number of nitrogens with zero attached hydrogens (tertiary/aromatic N) is 1. The van der Waals surface area contributed by atoms with Crippen molar-refractivity contribution in [2.75, 3.05) is 31.2 Å². The lowest BCUT2D eigenvalue weighted by Crippen LogP contribution is -2.37. The molecule has 5 nitrogen and oxygen atoms in total. The zero-order valence-electron chi connectivity index (χ0n) is 10.3. The summed E-state index contributed by atoms with van der Waals surface area (Å²) in [6.07, 6.45) is 0.168. The van der Waals surface area contributed by atoms with Gasteiger partial charge in [0.1, 0.15) is 0 Å². The van der Waals surface area contributed by atoms with Crippen LogP contribution in [0.3, 0.4) is 0 Å². The maximum absolute atomic E-state index is 11.0. The minimum absolute atomic E-state index is 0.168. The minimum atomic E-state index is -0.376. The van der Waals surface area contributed by atoms with Gasteiger partial charge in [0, 0.05) is 31.2 Å². The lowest BCUT2D eigenvalue weighted by atomic mass is 10.0. The number of benzene rings is 1. The smallest absolute Gasteiger partial charge is 0.219 e. The van der Waals surface area contributed by atoms with Crippen molar-refractivity contribution in [1.82, 2.24) is 0 Å². The number of carbonyl (C=O) groups is 1. The number of ether oxygens (including phenoxy) is 1. The molecule has 18 heavy (non-hydrogen) atoms. The first kappa shape index (κ1) is 12.9. The minimum Gasteiger partial charge on any atom is -0.378 e. The Morgan fingerprint density at radius 3 is 2.67 bits per heavy atom. The molecule has 0 bridgehead atoms. The summed E-state index contributed by atoms with van der Waals surface area (Å²) < 4.78 is 5.34. The maximum atomic E-state index is 11.0. The standard InChI is InChI=1S/C13H19N3O2/c14-11(9-13(15)17)10-3-1-2-4-12(10)16-5-7-18-8-6-16/h1-4,11H,5-9,14H2,(H2,15,17). The second kappa shape index (κ2) is 5.84. The van der Waals surface area contributed by atoms with Gasteiger partial charge >= 0.3 is 0 Å². The Morgan fingerprint density at radius 2 is 2.00 bits per heavy atom. The molecule has 2 rings (SSSR count). The van der Waals surface area contributed by atoms with E-state index in [-0.39, 0.29) is 18.4 Å². The number of nitrogens with two attached hydrogens (primary N) is 2. The molecule has 4 N–H and O–H groups in total. The third-order valence-corrected chi connectivity index (χ3v) is 3.11. The average Bonchev–Trinajstić information content (AvgIpc) is 2.39. The van der Waals surface area contributed by atoms with E-state index < -0.39 is 0 Å². The fourth-order valence-electron chi connectivity index (χ4n) is 2.22. The Labute approximate surface area is 107 Å². The molecule has 0 aromatic heterocycles. The van der Waals surface area contributed by atoms with Crippen LogP contribution in [0.25, 0.3) is 0 Å². The average molecular weight is 249 g/mol. The van der Waals surface area contributed by atoms with Crippen LogP contribution >= 0.6 is 0 Å². The summed E-state index contributed by atoms with van der Waals surface area (Å²) >= 11 is 0. The molecule has 0 aliphatic carbocycles. The van der Waals surface area contributed by atoms with Crippen molar-refractivity contribution >= 4 is 11.6 Å². The number of amides is 1. The van der Waals surface area contributed by atoms with E-state index in [4.69, 9.17) is 16.2 Å². The summed E-state index contributed by atoms with van der Waals surface area (Å²) in [5.41, 5.74) is 13.3. The van der Waals surface area contributed by atoms with Crippen molar-refractivity contribution in [1.29, 1.82) is 0 Å². The van der Waals surface area contributed by atoms with E-state index >= 15 is 0 Å². The summed E-state index contributed by atoms with van der Waals surface area (Å²) in [7, 11) is 0. The largest absolute Gasteiger partial charge is 0.378 e. The normalized spacial score (nSPS) is 17.5. The molecule has 5 heteroatoms. The van der Waals surface area contributed by atoms with E-state index in [1.54, 1.807) is 0 Å². The Bertz CT molecular complexity index is 416. The van der Waals surface area contributed by atoms with Gasteiger partial charge in [-0.05, 0) is 11.6 Å². The summed E-state index contributed by atoms with van der Waals surface area (Å²) in [5.74, 6) is -0.376. The Hall–Kier alpha value is -1.59. The van der Waals surface area contributed by atoms with Gasteiger partial charge in [0.2, 0.25) is 5.91 Å². The van der Waals surface area contributed by atoms with Gasteiger partial charge in [-0.15, -0.1) is 0 Å². The first-order valence-corrected chi connectivity index (χ1v) is 6.14. The van der Waals surface area contributed by atoms with Crippen molar-refractivity contribution in [2.45, 2.75) is 12.5 Å². The number of anilines is 1. The summed E-state index contributed by atoms with van der Waals surface area (Å²) in [4.78, 5) is 13.2. The Morgan fingerprint density at radius 1 is 1.33 bits per heavy atom. The van der Waals surface area contributed by atoms with E-state index in [2.05, 4.69) is 4.90 Å². The summed E-state index contributed by atoms with van der Waals surface area (Å²) in [5, 5.41) is 0. The van der Waals surface area contributed by atoms with Crippen LogP contribution in [0.5, 0.6) is 0 Å². The predicted molar refractivity (Wildman–Crippen MR) is 70.2 cm³/mol. The van der Waals surface area contributed by atoms with Gasteiger partial charge in [-0.3, -0.25) is 4.79 Å². The van der Waals surface area contributed by atoms with Crippen LogP contribution in [0, 0.1) is 0 Å². The van der Waals surface area contributed by atoms with E-state index in [0.717, 1.165) is 37.6 Å². The third kappa shape index (κ3) is 3.00. The molecule has 1 heterocycles. The summed E-state index contributed by atoms with van der Waals surface area (Å²) in [6.45, 7) is 3.14. The molecular formula is C13H19N3O2. The molecule has 0 saturated carbocycles. The van der Waals surface area contributed by atoms with Gasteiger partial charge < -0.3 is 21.1 Å². The molecule has 1 amide bonds. The quantitative estimate of drug-likeness (QED) is 0.809. The molecule has 1 saturated heterocycles. The molecular weight excluding hydrogens is 230 g/mol. The number of hydrogen-bond donors (Lipinski definition) is 2. The van der Waals surface area contributed by atoms with Crippen LogP contribution in [-0.2, 0) is 9.53 Å². The zero-order chi connectivity index (χ0) is 13.0. The van der Waals surface area contributed by atoms with Crippen LogP contribution in [0.2, 0.25) is 0 Å². The molecule has 1 unspecified atom stereocenters. The fourth-order valence-corrected chi connectivity index (χ4v) is 2.22. The molecule has 0 spiro atoms. The number of carbonyl (C=O) groups excluding carboxylic acids is 1. The van der Waals surface area contributed by atoms with Gasteiger partial charge in [0.25, 0.3) is 0 Å². The SMILES string of the molecule is NC(=O)CC(N)c1ccccc1N1CCOCC1. The van der Waals surface area contributed by atoms with Gasteiger partial charge in [-0.25, -0.2) is 0 Å². The van der Waals surface area contributed by atoms with Crippen molar-refractivity contribution in [2.24, 2.45) is 11.5 Å². The van der Waals surface area contributed by atoms with Gasteiger partial charge in [0.05, 0.1) is 13.2 Å². The highest BCUT2D eigenvalue weighted by molar-refractivity contribution is 5.75. The van der Waals surface area contributed by atoms with Crippen LogP contribution in [0.15, 0.2) is 24.3 Å². The first-order valence-electron chi connectivity index (χ1n) is 6.14. The molecule has 0 radical (unpaired) electrons. The highest BCUT2D eigenvalue weighted by Gasteiger charge is 2.18. The third-order valence-electron chi connectivity index (χ3n) is 3.11. The monoisotopic (exact) mass is 249 g/mol. The second-order valence-corrected chi connectivity index (χ2v) is 4.44. The Balaban J connectivity index is 2.21. The molecule has 1 aliphatic heterocycles. The maximum Gasteiger partial charge on any atom is 0.219 e.